The van der Waals surface area contributed by atoms with Crippen molar-refractivity contribution in [3.63, 3.8) is 0 Å². The highest BCUT2D eigenvalue weighted by atomic mass is 35.5. The first-order valence-corrected chi connectivity index (χ1v) is 9.54. The Morgan fingerprint density at radius 3 is 2.16 bits per heavy atom. The number of hydrogen-bond donors (Lipinski definition) is 1. The Morgan fingerprint density at radius 2 is 1.72 bits per heavy atom. The summed E-state index contributed by atoms with van der Waals surface area (Å²) in [6.45, 7) is 6.63. The van der Waals surface area contributed by atoms with Crippen LogP contribution in [0.3, 0.4) is 0 Å². The number of rotatable bonds is 7. The summed E-state index contributed by atoms with van der Waals surface area (Å²) in [4.78, 5) is 15.8. The maximum Gasteiger partial charge on any atom is 0.350 e. The molecule has 0 fully saturated rings. The second-order valence-electron chi connectivity index (χ2n) is 5.06. The van der Waals surface area contributed by atoms with Gasteiger partial charge >= 0.3 is 5.97 Å². The van der Waals surface area contributed by atoms with Crippen LogP contribution in [0.1, 0.15) is 23.6 Å². The minimum atomic E-state index is -1.76. The summed E-state index contributed by atoms with van der Waals surface area (Å²) in [5.74, 6) is 5.13. The van der Waals surface area contributed by atoms with Crippen LogP contribution in [0.5, 0.6) is 0 Å². The fourth-order valence-electron chi connectivity index (χ4n) is 2.16. The van der Waals surface area contributed by atoms with Crippen molar-refractivity contribution < 1.29 is 14.6 Å². The van der Waals surface area contributed by atoms with Crippen molar-refractivity contribution in [2.24, 2.45) is 0 Å². The molecule has 0 unspecified atom stereocenters. The zero-order chi connectivity index (χ0) is 17.4. The maximum atomic E-state index is 12.5. The predicted molar refractivity (Wildman–Crippen MR) is 105 cm³/mol. The molecular formula is C18H22ClNO3S2. The van der Waals surface area contributed by atoms with Crippen molar-refractivity contribution in [1.29, 1.82) is 0 Å². The molecule has 2 rings (SSSR count). The Balaban J connectivity index is 0.00000312. The van der Waals surface area contributed by atoms with Crippen molar-refractivity contribution in [3.8, 4) is 11.8 Å². The minimum absolute atomic E-state index is 0. The lowest BCUT2D eigenvalue weighted by Crippen LogP contribution is -2.37. The van der Waals surface area contributed by atoms with Gasteiger partial charge in [-0.1, -0.05) is 37.8 Å². The van der Waals surface area contributed by atoms with Gasteiger partial charge in [0.05, 0.1) is 16.3 Å². The molecule has 0 aliphatic rings. The number of thiophene rings is 2. The molecule has 0 amide bonds. The van der Waals surface area contributed by atoms with Gasteiger partial charge in [-0.3, -0.25) is 4.90 Å². The largest absolute Gasteiger partial charge is 0.450 e. The molecule has 2 aromatic rings. The number of ether oxygens (including phenoxy) is 1. The van der Waals surface area contributed by atoms with E-state index in [1.807, 2.05) is 10.8 Å². The molecule has 0 aromatic carbocycles. The molecule has 2 heterocycles. The van der Waals surface area contributed by atoms with Crippen LogP contribution in [-0.4, -0.2) is 42.2 Å². The van der Waals surface area contributed by atoms with Gasteiger partial charge < -0.3 is 9.84 Å². The van der Waals surface area contributed by atoms with Gasteiger partial charge in [0.2, 0.25) is 5.60 Å². The van der Waals surface area contributed by atoms with Crippen LogP contribution < -0.4 is 0 Å². The molecule has 0 saturated carbocycles. The highest BCUT2D eigenvalue weighted by Crippen LogP contribution is 2.36. The molecule has 2 aromatic heterocycles. The fraction of sp³-hybridized carbons (Fsp3) is 0.389. The summed E-state index contributed by atoms with van der Waals surface area (Å²) in [6, 6.07) is 7.07. The SMILES string of the molecule is CCN(CC)CC#CCOC(=O)C(O)(c1cccs1)c1cccs1.Cl. The molecule has 1 N–H and O–H groups in total. The molecule has 0 radical (unpaired) electrons. The van der Waals surface area contributed by atoms with Gasteiger partial charge in [0.15, 0.2) is 6.61 Å². The van der Waals surface area contributed by atoms with Crippen molar-refractivity contribution in [2.75, 3.05) is 26.2 Å². The van der Waals surface area contributed by atoms with Crippen LogP contribution in [0, 0.1) is 11.8 Å². The summed E-state index contributed by atoms with van der Waals surface area (Å²) in [5, 5.41) is 14.7. The van der Waals surface area contributed by atoms with E-state index >= 15 is 0 Å². The van der Waals surface area contributed by atoms with Crippen LogP contribution >= 0.6 is 35.1 Å². The van der Waals surface area contributed by atoms with Crippen LogP contribution in [0.15, 0.2) is 35.0 Å². The quantitative estimate of drug-likeness (QED) is 0.573. The maximum absolute atomic E-state index is 12.5. The molecule has 0 atom stereocenters. The molecule has 0 saturated heterocycles. The van der Waals surface area contributed by atoms with Crippen LogP contribution in [-0.2, 0) is 15.1 Å². The average molecular weight is 400 g/mol. The molecule has 0 aliphatic carbocycles. The van der Waals surface area contributed by atoms with Crippen LogP contribution in [0.2, 0.25) is 0 Å². The number of esters is 1. The molecule has 0 aliphatic heterocycles. The third-order valence-corrected chi connectivity index (χ3v) is 5.61. The Bertz CT molecular complexity index is 651. The van der Waals surface area contributed by atoms with E-state index in [0.29, 0.717) is 16.3 Å². The monoisotopic (exact) mass is 399 g/mol. The number of aliphatic hydroxyl groups is 1. The van der Waals surface area contributed by atoms with Crippen molar-refractivity contribution >= 4 is 41.0 Å². The molecule has 25 heavy (non-hydrogen) atoms. The van der Waals surface area contributed by atoms with Crippen molar-refractivity contribution in [3.05, 3.63) is 44.8 Å². The average Bonchev–Trinajstić information content (AvgIpc) is 3.31. The van der Waals surface area contributed by atoms with E-state index in [1.54, 1.807) is 24.3 Å². The lowest BCUT2D eigenvalue weighted by molar-refractivity contribution is -0.160. The molecule has 0 spiro atoms. The van der Waals surface area contributed by atoms with Gasteiger partial charge in [-0.15, -0.1) is 35.1 Å². The summed E-state index contributed by atoms with van der Waals surface area (Å²) in [7, 11) is 0. The van der Waals surface area contributed by atoms with Crippen LogP contribution in [0.4, 0.5) is 0 Å². The van der Waals surface area contributed by atoms with E-state index in [0.717, 1.165) is 13.1 Å². The Morgan fingerprint density at radius 1 is 1.16 bits per heavy atom. The van der Waals surface area contributed by atoms with Gasteiger partial charge in [0.25, 0.3) is 0 Å². The summed E-state index contributed by atoms with van der Waals surface area (Å²) >= 11 is 2.65. The predicted octanol–water partition coefficient (Wildman–Crippen LogP) is 3.36. The summed E-state index contributed by atoms with van der Waals surface area (Å²) in [5.41, 5.74) is -1.76. The molecular weight excluding hydrogens is 378 g/mol. The van der Waals surface area contributed by atoms with E-state index in [9.17, 15) is 9.90 Å². The van der Waals surface area contributed by atoms with Gasteiger partial charge in [-0.25, -0.2) is 4.79 Å². The molecule has 136 valence electrons. The highest BCUT2D eigenvalue weighted by molar-refractivity contribution is 7.12. The molecule has 0 bridgehead atoms. The first-order chi connectivity index (χ1) is 11.6. The molecule has 7 heteroatoms. The van der Waals surface area contributed by atoms with E-state index in [1.165, 1.54) is 22.7 Å². The zero-order valence-electron chi connectivity index (χ0n) is 14.2. The number of nitrogens with zero attached hydrogens (tertiary/aromatic N) is 1. The topological polar surface area (TPSA) is 49.8 Å². The Kier molecular flexibility index (Phi) is 9.19. The lowest BCUT2D eigenvalue weighted by atomic mass is 10.0. The number of carbonyl (C=O) groups excluding carboxylic acids is 1. The number of hydrogen-bond acceptors (Lipinski definition) is 6. The van der Waals surface area contributed by atoms with Crippen molar-refractivity contribution in [2.45, 2.75) is 19.4 Å². The zero-order valence-corrected chi connectivity index (χ0v) is 16.7. The number of halogens is 1. The van der Waals surface area contributed by atoms with Crippen molar-refractivity contribution in [1.82, 2.24) is 4.90 Å². The standard InChI is InChI=1S/C18H21NO3S2.ClH/c1-3-19(4-2)11-5-6-12-22-17(20)18(21,15-9-7-13-23-15)16-10-8-14-24-16;/h7-10,13-14,21H,3-4,11-12H2,1-2H3;1H. The lowest BCUT2D eigenvalue weighted by Gasteiger charge is -2.23. The van der Waals surface area contributed by atoms with E-state index in [-0.39, 0.29) is 19.0 Å². The third-order valence-electron chi connectivity index (χ3n) is 3.65. The smallest absolute Gasteiger partial charge is 0.350 e. The third kappa shape index (κ3) is 5.30. The Labute approximate surface area is 162 Å². The van der Waals surface area contributed by atoms with E-state index in [4.69, 9.17) is 4.74 Å². The van der Waals surface area contributed by atoms with Gasteiger partial charge in [0.1, 0.15) is 0 Å². The Hall–Kier alpha value is -1.36. The number of carbonyl (C=O) groups is 1. The van der Waals surface area contributed by atoms with Gasteiger partial charge in [-0.05, 0) is 36.0 Å². The minimum Gasteiger partial charge on any atom is -0.450 e. The fourth-order valence-corrected chi connectivity index (χ4v) is 3.88. The van der Waals surface area contributed by atoms with Gasteiger partial charge in [0, 0.05) is 0 Å². The van der Waals surface area contributed by atoms with Gasteiger partial charge in [-0.2, -0.15) is 0 Å². The van der Waals surface area contributed by atoms with E-state index in [2.05, 4.69) is 30.6 Å². The highest BCUT2D eigenvalue weighted by Gasteiger charge is 2.43. The summed E-state index contributed by atoms with van der Waals surface area (Å²) in [6.07, 6.45) is 0. The van der Waals surface area contributed by atoms with E-state index < -0.39 is 11.6 Å². The normalized spacial score (nSPS) is 10.7. The second kappa shape index (κ2) is 10.6. The first kappa shape index (κ1) is 21.7. The first-order valence-electron chi connectivity index (χ1n) is 7.78. The molecule has 4 nitrogen and oxygen atoms in total. The summed E-state index contributed by atoms with van der Waals surface area (Å²) < 4.78 is 5.24. The second-order valence-corrected chi connectivity index (χ2v) is 6.95. The van der Waals surface area contributed by atoms with Crippen LogP contribution in [0.25, 0.3) is 0 Å².